The molecule has 1 aliphatic carbocycles. The normalized spacial score (nSPS) is 19.3. The summed E-state index contributed by atoms with van der Waals surface area (Å²) >= 11 is 0. The van der Waals surface area contributed by atoms with Gasteiger partial charge in [0.05, 0.1) is 12.1 Å². The molecule has 0 radical (unpaired) electrons. The minimum Gasteiger partial charge on any atom is -0.348 e. The van der Waals surface area contributed by atoms with Crippen molar-refractivity contribution in [3.8, 4) is 0 Å². The predicted octanol–water partition coefficient (Wildman–Crippen LogP) is 3.16. The van der Waals surface area contributed by atoms with E-state index in [0.717, 1.165) is 12.3 Å². The van der Waals surface area contributed by atoms with Gasteiger partial charge in [-0.3, -0.25) is 4.79 Å². The zero-order valence-corrected chi connectivity index (χ0v) is 12.3. The molecule has 20 heavy (non-hydrogen) atoms. The van der Waals surface area contributed by atoms with Gasteiger partial charge in [-0.15, -0.1) is 0 Å². The number of hydrogen-bond acceptors (Lipinski definition) is 2. The van der Waals surface area contributed by atoms with Gasteiger partial charge >= 0.3 is 0 Å². The van der Waals surface area contributed by atoms with Gasteiger partial charge in [-0.2, -0.15) is 0 Å². The van der Waals surface area contributed by atoms with Crippen molar-refractivity contribution in [1.29, 1.82) is 0 Å². The fraction of sp³-hybridized carbons (Fsp3) is 0.588. The molecule has 1 aliphatic rings. The first-order valence-corrected chi connectivity index (χ1v) is 7.77. The number of nitrogens with two attached hydrogens (primary N) is 1. The lowest BCUT2D eigenvalue weighted by molar-refractivity contribution is -0.122. The molecule has 0 saturated heterocycles. The van der Waals surface area contributed by atoms with Gasteiger partial charge in [-0.25, -0.2) is 0 Å². The van der Waals surface area contributed by atoms with E-state index in [-0.39, 0.29) is 11.9 Å². The Bertz CT molecular complexity index is 410. The lowest BCUT2D eigenvalue weighted by Gasteiger charge is -2.28. The van der Waals surface area contributed by atoms with E-state index in [2.05, 4.69) is 17.4 Å². The van der Waals surface area contributed by atoms with E-state index in [4.69, 9.17) is 5.73 Å². The number of carbonyl (C=O) groups is 1. The smallest absolute Gasteiger partial charge is 0.237 e. The Morgan fingerprint density at radius 1 is 1.25 bits per heavy atom. The van der Waals surface area contributed by atoms with Crippen LogP contribution >= 0.6 is 0 Å². The number of amides is 1. The van der Waals surface area contributed by atoms with Crippen LogP contribution in [-0.4, -0.2) is 11.9 Å². The van der Waals surface area contributed by atoms with E-state index in [9.17, 15) is 4.79 Å². The van der Waals surface area contributed by atoms with Crippen LogP contribution in [0.4, 0.5) is 0 Å². The second-order valence-corrected chi connectivity index (χ2v) is 6.00. The third kappa shape index (κ3) is 4.34. The van der Waals surface area contributed by atoms with Crippen molar-refractivity contribution < 1.29 is 4.79 Å². The summed E-state index contributed by atoms with van der Waals surface area (Å²) in [7, 11) is 0. The summed E-state index contributed by atoms with van der Waals surface area (Å²) < 4.78 is 0. The monoisotopic (exact) mass is 274 g/mol. The summed E-state index contributed by atoms with van der Waals surface area (Å²) in [5.41, 5.74) is 6.87. The molecule has 0 aliphatic heterocycles. The Morgan fingerprint density at radius 3 is 2.50 bits per heavy atom. The van der Waals surface area contributed by atoms with Crippen LogP contribution < -0.4 is 11.1 Å². The average Bonchev–Trinajstić information content (AvgIpc) is 2.48. The van der Waals surface area contributed by atoms with Crippen LogP contribution in [0.2, 0.25) is 0 Å². The Hall–Kier alpha value is -1.35. The van der Waals surface area contributed by atoms with E-state index in [1.807, 2.05) is 18.2 Å². The van der Waals surface area contributed by atoms with Crippen LogP contribution in [0.3, 0.4) is 0 Å². The van der Waals surface area contributed by atoms with Gasteiger partial charge in [0.2, 0.25) is 5.91 Å². The van der Waals surface area contributed by atoms with Gasteiger partial charge in [0.15, 0.2) is 0 Å². The molecule has 3 N–H and O–H groups in total. The first-order chi connectivity index (χ1) is 9.66. The van der Waals surface area contributed by atoms with Crippen molar-refractivity contribution in [3.05, 3.63) is 35.9 Å². The number of carbonyl (C=O) groups excluding carboxylic acids is 1. The zero-order valence-electron chi connectivity index (χ0n) is 12.3. The maximum Gasteiger partial charge on any atom is 0.237 e. The van der Waals surface area contributed by atoms with Crippen molar-refractivity contribution in [1.82, 2.24) is 5.32 Å². The Morgan fingerprint density at radius 2 is 1.90 bits per heavy atom. The summed E-state index contributed by atoms with van der Waals surface area (Å²) in [5.74, 6) is 0.664. The lowest BCUT2D eigenvalue weighted by atomic mass is 9.83. The van der Waals surface area contributed by atoms with Crippen molar-refractivity contribution in [2.24, 2.45) is 11.7 Å². The molecule has 3 nitrogen and oxygen atoms in total. The van der Waals surface area contributed by atoms with E-state index in [0.29, 0.717) is 0 Å². The SMILES string of the molecule is C[C@H](N)C(=O)NC(CC1CCCCC1)c1ccccc1. The van der Waals surface area contributed by atoms with E-state index < -0.39 is 6.04 Å². The standard InChI is InChI=1S/C17H26N2O/c1-13(18)17(20)19-16(15-10-6-3-7-11-15)12-14-8-4-2-5-9-14/h3,6-7,10-11,13-14,16H,2,4-5,8-9,12,18H2,1H3,(H,19,20)/t13-,16?/m0/s1. The molecule has 1 aromatic rings. The van der Waals surface area contributed by atoms with E-state index in [1.54, 1.807) is 6.92 Å². The molecule has 1 aromatic carbocycles. The van der Waals surface area contributed by atoms with Crippen molar-refractivity contribution in [3.63, 3.8) is 0 Å². The van der Waals surface area contributed by atoms with Crippen LogP contribution in [0.1, 0.15) is 57.1 Å². The number of nitrogens with one attached hydrogen (secondary N) is 1. The number of benzene rings is 1. The van der Waals surface area contributed by atoms with Crippen LogP contribution in [0, 0.1) is 5.92 Å². The largest absolute Gasteiger partial charge is 0.348 e. The van der Waals surface area contributed by atoms with Crippen LogP contribution in [0.25, 0.3) is 0 Å². The fourth-order valence-electron chi connectivity index (χ4n) is 3.02. The third-order valence-corrected chi connectivity index (χ3v) is 4.23. The summed E-state index contributed by atoms with van der Waals surface area (Å²) in [6, 6.07) is 9.89. The Labute approximate surface area is 121 Å². The van der Waals surface area contributed by atoms with E-state index in [1.165, 1.54) is 37.7 Å². The van der Waals surface area contributed by atoms with E-state index >= 15 is 0 Å². The Balaban J connectivity index is 2.05. The fourth-order valence-corrected chi connectivity index (χ4v) is 3.02. The molecule has 110 valence electrons. The average molecular weight is 274 g/mol. The van der Waals surface area contributed by atoms with Crippen molar-refractivity contribution in [2.75, 3.05) is 0 Å². The first kappa shape index (κ1) is 15.0. The van der Waals surface area contributed by atoms with Gasteiger partial charge in [0.1, 0.15) is 0 Å². The summed E-state index contributed by atoms with van der Waals surface area (Å²) in [4.78, 5) is 11.9. The highest BCUT2D eigenvalue weighted by molar-refractivity contribution is 5.81. The molecular formula is C17H26N2O. The molecular weight excluding hydrogens is 248 g/mol. The molecule has 0 aromatic heterocycles. The van der Waals surface area contributed by atoms with Crippen LogP contribution in [0.15, 0.2) is 30.3 Å². The molecule has 2 rings (SSSR count). The Kier molecular flexibility index (Phi) is 5.60. The molecule has 1 unspecified atom stereocenters. The highest BCUT2D eigenvalue weighted by Crippen LogP contribution is 2.31. The van der Waals surface area contributed by atoms with Gasteiger partial charge in [-0.1, -0.05) is 62.4 Å². The molecule has 2 atom stereocenters. The minimum atomic E-state index is -0.451. The number of hydrogen-bond donors (Lipinski definition) is 2. The maximum atomic E-state index is 11.9. The lowest BCUT2D eigenvalue weighted by Crippen LogP contribution is -2.40. The van der Waals surface area contributed by atoms with Gasteiger partial charge in [0, 0.05) is 0 Å². The molecule has 1 amide bonds. The van der Waals surface area contributed by atoms with Gasteiger partial charge < -0.3 is 11.1 Å². The second-order valence-electron chi connectivity index (χ2n) is 6.00. The topological polar surface area (TPSA) is 55.1 Å². The number of rotatable bonds is 5. The zero-order chi connectivity index (χ0) is 14.4. The molecule has 1 fully saturated rings. The quantitative estimate of drug-likeness (QED) is 0.866. The summed E-state index contributed by atoms with van der Waals surface area (Å²) in [5, 5.41) is 3.12. The summed E-state index contributed by atoms with van der Waals surface area (Å²) in [6.45, 7) is 1.73. The van der Waals surface area contributed by atoms with Crippen LogP contribution in [-0.2, 0) is 4.79 Å². The summed E-state index contributed by atoms with van der Waals surface area (Å²) in [6.07, 6.45) is 7.62. The molecule has 0 heterocycles. The van der Waals surface area contributed by atoms with Crippen molar-refractivity contribution >= 4 is 5.91 Å². The predicted molar refractivity (Wildman–Crippen MR) is 82.2 cm³/mol. The highest BCUT2D eigenvalue weighted by Gasteiger charge is 2.22. The second kappa shape index (κ2) is 7.44. The minimum absolute atomic E-state index is 0.0605. The van der Waals surface area contributed by atoms with Crippen LogP contribution in [0.5, 0.6) is 0 Å². The maximum absolute atomic E-state index is 11.9. The molecule has 0 spiro atoms. The highest BCUT2D eigenvalue weighted by atomic mass is 16.2. The van der Waals surface area contributed by atoms with Crippen molar-refractivity contribution in [2.45, 2.75) is 57.5 Å². The molecule has 3 heteroatoms. The van der Waals surface area contributed by atoms with Gasteiger partial charge in [0.25, 0.3) is 0 Å². The first-order valence-electron chi connectivity index (χ1n) is 7.77. The molecule has 0 bridgehead atoms. The third-order valence-electron chi connectivity index (χ3n) is 4.23. The van der Waals surface area contributed by atoms with Gasteiger partial charge in [-0.05, 0) is 24.8 Å². The molecule has 1 saturated carbocycles.